The summed E-state index contributed by atoms with van der Waals surface area (Å²) in [4.78, 5) is 18.0. The third-order valence-corrected chi connectivity index (χ3v) is 6.63. The Morgan fingerprint density at radius 1 is 0.842 bits per heavy atom. The fourth-order valence-electron chi connectivity index (χ4n) is 4.76. The van der Waals surface area contributed by atoms with E-state index in [4.69, 9.17) is 0 Å². The van der Waals surface area contributed by atoms with Gasteiger partial charge in [0.2, 0.25) is 5.91 Å². The molecule has 0 radical (unpaired) electrons. The average molecular weight is 514 g/mol. The molecule has 0 aliphatic rings. The molecule has 3 aromatic carbocycles. The van der Waals surface area contributed by atoms with Gasteiger partial charge in [0.05, 0.1) is 17.3 Å². The van der Waals surface area contributed by atoms with Gasteiger partial charge in [0, 0.05) is 24.7 Å². The molecule has 0 saturated heterocycles. The van der Waals surface area contributed by atoms with E-state index in [0.29, 0.717) is 23.3 Å². The summed E-state index contributed by atoms with van der Waals surface area (Å²) in [5.74, 6) is -0.897. The molecule has 2 atom stereocenters. The number of nitrogens with zero attached hydrogens (tertiary/aromatic N) is 2. The molecular formula is C31H26F3N3O. The van der Waals surface area contributed by atoms with Crippen molar-refractivity contribution < 1.29 is 18.0 Å². The highest BCUT2D eigenvalue weighted by Gasteiger charge is 2.32. The van der Waals surface area contributed by atoms with E-state index >= 15 is 0 Å². The summed E-state index contributed by atoms with van der Waals surface area (Å²) in [6, 6.07) is 29.9. The number of amides is 1. The highest BCUT2D eigenvalue weighted by molar-refractivity contribution is 5.78. The molecule has 0 saturated carbocycles. The third-order valence-electron chi connectivity index (χ3n) is 6.63. The predicted molar refractivity (Wildman–Crippen MR) is 141 cm³/mol. The first-order valence-electron chi connectivity index (χ1n) is 12.4. The van der Waals surface area contributed by atoms with Gasteiger partial charge in [0.25, 0.3) is 0 Å². The minimum absolute atomic E-state index is 0.0396. The number of imidazole rings is 1. The molecule has 0 bridgehead atoms. The van der Waals surface area contributed by atoms with Crippen molar-refractivity contribution in [2.75, 3.05) is 0 Å². The van der Waals surface area contributed by atoms with Gasteiger partial charge < -0.3 is 9.72 Å². The Bertz CT molecular complexity index is 1510. The average Bonchev–Trinajstić information content (AvgIpc) is 3.36. The van der Waals surface area contributed by atoms with Crippen LogP contribution < -0.4 is 5.32 Å². The van der Waals surface area contributed by atoms with E-state index < -0.39 is 17.7 Å². The molecule has 192 valence electrons. The van der Waals surface area contributed by atoms with Crippen LogP contribution in [-0.2, 0) is 17.4 Å². The lowest BCUT2D eigenvalue weighted by Crippen LogP contribution is -2.31. The van der Waals surface area contributed by atoms with Gasteiger partial charge in [-0.3, -0.25) is 4.79 Å². The second kappa shape index (κ2) is 10.9. The summed E-state index contributed by atoms with van der Waals surface area (Å²) in [6.07, 6.45) is -0.510. The molecule has 5 aromatic rings. The van der Waals surface area contributed by atoms with Crippen LogP contribution in [0.15, 0.2) is 116 Å². The molecule has 1 amide bonds. The quantitative estimate of drug-likeness (QED) is 0.243. The number of pyridine rings is 1. The smallest absolute Gasteiger partial charge is 0.349 e. The normalized spacial score (nSPS) is 13.2. The zero-order valence-electron chi connectivity index (χ0n) is 20.5. The summed E-state index contributed by atoms with van der Waals surface area (Å²) in [7, 11) is 0. The maximum atomic E-state index is 13.6. The number of halogens is 3. The maximum Gasteiger partial charge on any atom is 0.416 e. The number of rotatable bonds is 8. The Morgan fingerprint density at radius 2 is 1.53 bits per heavy atom. The van der Waals surface area contributed by atoms with Crippen LogP contribution in [-0.4, -0.2) is 15.3 Å². The van der Waals surface area contributed by atoms with Gasteiger partial charge in [0.15, 0.2) is 0 Å². The van der Waals surface area contributed by atoms with Gasteiger partial charge in [-0.25, -0.2) is 4.98 Å². The molecule has 4 nitrogen and oxygen atoms in total. The van der Waals surface area contributed by atoms with Crippen LogP contribution in [0.1, 0.15) is 46.3 Å². The number of carbonyl (C=O) groups excluding carboxylic acids is 1. The molecule has 1 N–H and O–H groups in total. The molecule has 2 heterocycles. The number of hydrogen-bond acceptors (Lipinski definition) is 2. The number of alkyl halides is 3. The van der Waals surface area contributed by atoms with E-state index in [-0.39, 0.29) is 18.4 Å². The third kappa shape index (κ3) is 5.78. The van der Waals surface area contributed by atoms with Crippen molar-refractivity contribution >= 4 is 11.6 Å². The zero-order valence-corrected chi connectivity index (χ0v) is 20.5. The van der Waals surface area contributed by atoms with Crippen LogP contribution in [0, 0.1) is 0 Å². The summed E-state index contributed by atoms with van der Waals surface area (Å²) in [5.41, 5.74) is 2.98. The summed E-state index contributed by atoms with van der Waals surface area (Å²) in [5, 5.41) is 3.15. The zero-order chi connectivity index (χ0) is 26.5. The lowest BCUT2D eigenvalue weighted by molar-refractivity contribution is -0.137. The first-order chi connectivity index (χ1) is 18.4. The fourth-order valence-corrected chi connectivity index (χ4v) is 4.76. The molecule has 0 aliphatic heterocycles. The van der Waals surface area contributed by atoms with Crippen LogP contribution in [0.3, 0.4) is 0 Å². The number of hydrogen-bond donors (Lipinski definition) is 1. The topological polar surface area (TPSA) is 46.4 Å². The summed E-state index contributed by atoms with van der Waals surface area (Å²) in [6.45, 7) is 0. The molecule has 0 aliphatic carbocycles. The van der Waals surface area contributed by atoms with Gasteiger partial charge >= 0.3 is 6.18 Å². The number of benzene rings is 3. The Labute approximate surface area is 218 Å². The van der Waals surface area contributed by atoms with Crippen LogP contribution >= 0.6 is 0 Å². The molecule has 7 heteroatoms. The van der Waals surface area contributed by atoms with Gasteiger partial charge in [-0.2, -0.15) is 13.2 Å². The molecule has 2 unspecified atom stereocenters. The Hall–Kier alpha value is -4.39. The van der Waals surface area contributed by atoms with Crippen molar-refractivity contribution in [2.24, 2.45) is 0 Å². The molecule has 2 aromatic heterocycles. The van der Waals surface area contributed by atoms with E-state index in [1.165, 1.54) is 6.07 Å². The molecule has 5 rings (SSSR count). The van der Waals surface area contributed by atoms with E-state index in [1.54, 1.807) is 18.5 Å². The minimum Gasteiger partial charge on any atom is -0.349 e. The van der Waals surface area contributed by atoms with Crippen molar-refractivity contribution in [3.63, 3.8) is 0 Å². The van der Waals surface area contributed by atoms with Crippen molar-refractivity contribution in [3.05, 3.63) is 143 Å². The van der Waals surface area contributed by atoms with Crippen LogP contribution in [0.5, 0.6) is 0 Å². The Morgan fingerprint density at radius 3 is 2.26 bits per heavy atom. The number of carbonyl (C=O) groups is 1. The second-order valence-electron chi connectivity index (χ2n) is 9.21. The molecular weight excluding hydrogens is 487 g/mol. The molecule has 38 heavy (non-hydrogen) atoms. The first-order valence-corrected chi connectivity index (χ1v) is 12.4. The van der Waals surface area contributed by atoms with Crippen LogP contribution in [0.2, 0.25) is 0 Å². The lowest BCUT2D eigenvalue weighted by atomic mass is 9.90. The van der Waals surface area contributed by atoms with E-state index in [1.807, 2.05) is 83.3 Å². The number of nitrogens with one attached hydrogen (secondary N) is 1. The maximum absolute atomic E-state index is 13.6. The standard InChI is InChI=1S/C31H26F3N3O/c32-31(33,34)25-15-9-14-24(19-25)26(28-21-35-29-16-7-8-17-37(28)29)20-30(38)36-27(23-12-5-2-6-13-23)18-22-10-3-1-4-11-22/h1-17,19,21,26-27H,18,20H2,(H,36,38). The monoisotopic (exact) mass is 513 g/mol. The number of fused-ring (bicyclic) bond motifs is 1. The van der Waals surface area contributed by atoms with E-state index in [9.17, 15) is 18.0 Å². The predicted octanol–water partition coefficient (Wildman–Crippen LogP) is 6.98. The highest BCUT2D eigenvalue weighted by atomic mass is 19.4. The second-order valence-corrected chi connectivity index (χ2v) is 9.21. The van der Waals surface area contributed by atoms with Crippen molar-refractivity contribution in [1.82, 2.24) is 14.7 Å². The molecule has 0 fully saturated rings. The largest absolute Gasteiger partial charge is 0.416 e. The van der Waals surface area contributed by atoms with E-state index in [0.717, 1.165) is 23.3 Å². The van der Waals surface area contributed by atoms with Gasteiger partial charge in [0.1, 0.15) is 5.65 Å². The summed E-state index contributed by atoms with van der Waals surface area (Å²) >= 11 is 0. The highest BCUT2D eigenvalue weighted by Crippen LogP contribution is 2.35. The van der Waals surface area contributed by atoms with Crippen LogP contribution in [0.25, 0.3) is 5.65 Å². The van der Waals surface area contributed by atoms with Gasteiger partial charge in [-0.05, 0) is 41.3 Å². The summed E-state index contributed by atoms with van der Waals surface area (Å²) < 4.78 is 42.5. The lowest BCUT2D eigenvalue weighted by Gasteiger charge is -2.23. The number of aromatic nitrogens is 2. The van der Waals surface area contributed by atoms with Gasteiger partial charge in [-0.1, -0.05) is 84.9 Å². The minimum atomic E-state index is -4.49. The first kappa shape index (κ1) is 25.3. The van der Waals surface area contributed by atoms with Crippen molar-refractivity contribution in [3.8, 4) is 0 Å². The SMILES string of the molecule is O=C(CC(c1cccc(C(F)(F)F)c1)c1cnc2ccccn12)NC(Cc1ccccc1)c1ccccc1. The van der Waals surface area contributed by atoms with Crippen molar-refractivity contribution in [2.45, 2.75) is 31.0 Å². The van der Waals surface area contributed by atoms with Gasteiger partial charge in [-0.15, -0.1) is 0 Å². The Balaban J connectivity index is 1.48. The fraction of sp³-hybridized carbons (Fsp3) is 0.161. The van der Waals surface area contributed by atoms with E-state index in [2.05, 4.69) is 10.3 Å². The van der Waals surface area contributed by atoms with Crippen molar-refractivity contribution in [1.29, 1.82) is 0 Å². The Kier molecular flexibility index (Phi) is 7.26. The molecule has 0 spiro atoms. The van der Waals surface area contributed by atoms with Crippen LogP contribution in [0.4, 0.5) is 13.2 Å².